The summed E-state index contributed by atoms with van der Waals surface area (Å²) < 4.78 is 5.32. The van der Waals surface area contributed by atoms with Gasteiger partial charge in [0.25, 0.3) is 5.91 Å². The molecule has 2 aliphatic rings. The van der Waals surface area contributed by atoms with Crippen LogP contribution in [-0.2, 0) is 11.2 Å². The van der Waals surface area contributed by atoms with Gasteiger partial charge >= 0.3 is 0 Å². The smallest absolute Gasteiger partial charge is 0.250 e. The Labute approximate surface area is 191 Å². The number of aromatic amines is 1. The Morgan fingerprint density at radius 2 is 2.00 bits per heavy atom. The third kappa shape index (κ3) is 3.50. The number of amides is 2. The summed E-state index contributed by atoms with van der Waals surface area (Å²) in [5.74, 6) is 0.225. The number of nitrogens with one attached hydrogen (secondary N) is 1. The van der Waals surface area contributed by atoms with Crippen LogP contribution in [0.2, 0.25) is 0 Å². The minimum Gasteiger partial charge on any atom is -0.366 e. The van der Waals surface area contributed by atoms with Crippen molar-refractivity contribution in [3.63, 3.8) is 0 Å². The number of nitrogens with two attached hydrogens (primary N) is 1. The molecule has 1 fully saturated rings. The van der Waals surface area contributed by atoms with Crippen LogP contribution in [0.4, 0.5) is 0 Å². The minimum absolute atomic E-state index is 0.0298. The highest BCUT2D eigenvalue weighted by Gasteiger charge is 2.28. The van der Waals surface area contributed by atoms with Crippen LogP contribution >= 0.6 is 0 Å². The molecule has 2 aromatic heterocycles. The number of fused-ring (bicyclic) bond motifs is 3. The number of nitriles is 1. The molecule has 3 N–H and O–H groups in total. The summed E-state index contributed by atoms with van der Waals surface area (Å²) >= 11 is 0. The van der Waals surface area contributed by atoms with Crippen LogP contribution < -0.4 is 5.73 Å². The second-order valence-corrected chi connectivity index (χ2v) is 8.89. The number of hydrogen-bond acceptors (Lipinski definition) is 5. The van der Waals surface area contributed by atoms with Crippen LogP contribution in [0.3, 0.4) is 0 Å². The van der Waals surface area contributed by atoms with Crippen molar-refractivity contribution in [2.75, 3.05) is 13.1 Å². The largest absolute Gasteiger partial charge is 0.366 e. The zero-order valence-corrected chi connectivity index (χ0v) is 18.7. The van der Waals surface area contributed by atoms with Gasteiger partial charge in [0.15, 0.2) is 0 Å². The monoisotopic (exact) mass is 443 g/mol. The number of hydrogen-bond donors (Lipinski definition) is 2. The number of likely N-dealkylation sites (tertiary alicyclic amines) is 1. The summed E-state index contributed by atoms with van der Waals surface area (Å²) in [4.78, 5) is 30.6. The molecule has 0 spiro atoms. The van der Waals surface area contributed by atoms with Crippen molar-refractivity contribution in [3.8, 4) is 17.2 Å². The molecule has 33 heavy (non-hydrogen) atoms. The van der Waals surface area contributed by atoms with Gasteiger partial charge < -0.3 is 20.1 Å². The van der Waals surface area contributed by atoms with Crippen molar-refractivity contribution in [2.24, 2.45) is 11.7 Å². The maximum absolute atomic E-state index is 13.1. The Hall–Kier alpha value is -3.86. The molecule has 0 saturated carbocycles. The number of primary amides is 1. The van der Waals surface area contributed by atoms with E-state index in [0.717, 1.165) is 51.9 Å². The molecular formula is C25H25N5O3. The van der Waals surface area contributed by atoms with E-state index in [2.05, 4.69) is 16.2 Å². The van der Waals surface area contributed by atoms with Crippen molar-refractivity contribution in [2.45, 2.75) is 39.5 Å². The predicted octanol–water partition coefficient (Wildman–Crippen LogP) is 3.63. The highest BCUT2D eigenvalue weighted by Crippen LogP contribution is 2.37. The number of rotatable bonds is 3. The van der Waals surface area contributed by atoms with Crippen molar-refractivity contribution in [1.29, 1.82) is 5.26 Å². The lowest BCUT2D eigenvalue weighted by molar-refractivity contribution is -0.128. The quantitative estimate of drug-likeness (QED) is 0.639. The fraction of sp³-hybridized carbons (Fsp3) is 0.360. The Balaban J connectivity index is 1.55. The normalized spacial score (nSPS) is 16.4. The molecule has 8 heteroatoms. The molecule has 0 radical (unpaired) electrons. The highest BCUT2D eigenvalue weighted by molar-refractivity contribution is 6.09. The maximum atomic E-state index is 13.1. The minimum atomic E-state index is -0.521. The third-order valence-electron chi connectivity index (χ3n) is 6.84. The van der Waals surface area contributed by atoms with Crippen LogP contribution in [0.1, 0.15) is 52.3 Å². The molecule has 3 aromatic rings. The molecular weight excluding hydrogens is 418 g/mol. The van der Waals surface area contributed by atoms with Crippen LogP contribution in [-0.4, -0.2) is 39.9 Å². The summed E-state index contributed by atoms with van der Waals surface area (Å²) in [5.41, 5.74) is 11.9. The van der Waals surface area contributed by atoms with E-state index in [9.17, 15) is 9.59 Å². The second-order valence-electron chi connectivity index (χ2n) is 8.89. The Morgan fingerprint density at radius 1 is 1.24 bits per heavy atom. The van der Waals surface area contributed by atoms with Gasteiger partial charge in [-0.3, -0.25) is 9.59 Å². The molecule has 0 atom stereocenters. The van der Waals surface area contributed by atoms with Gasteiger partial charge in [-0.1, -0.05) is 5.16 Å². The summed E-state index contributed by atoms with van der Waals surface area (Å²) in [5, 5.41) is 14.1. The number of H-pyrrole nitrogens is 1. The lowest BCUT2D eigenvalue weighted by Gasteiger charge is -2.30. The molecule has 1 aromatic carbocycles. The molecule has 0 bridgehead atoms. The second kappa shape index (κ2) is 7.93. The van der Waals surface area contributed by atoms with Gasteiger partial charge in [-0.2, -0.15) is 5.26 Å². The first kappa shape index (κ1) is 21.0. The number of piperidine rings is 1. The number of carbonyl (C=O) groups is 2. The number of aromatic nitrogens is 2. The van der Waals surface area contributed by atoms with Gasteiger partial charge in [-0.05, 0) is 68.9 Å². The number of nitrogens with zero attached hydrogens (tertiary/aromatic N) is 3. The molecule has 1 saturated heterocycles. The van der Waals surface area contributed by atoms with Crippen molar-refractivity contribution in [3.05, 3.63) is 46.0 Å². The number of aryl methyl sites for hydroxylation is 3. The first-order chi connectivity index (χ1) is 15.9. The zero-order chi connectivity index (χ0) is 23.3. The van der Waals surface area contributed by atoms with Gasteiger partial charge in [0, 0.05) is 41.2 Å². The van der Waals surface area contributed by atoms with E-state index < -0.39 is 5.91 Å². The first-order valence-electron chi connectivity index (χ1n) is 11.2. The average Bonchev–Trinajstić information content (AvgIpc) is 3.36. The van der Waals surface area contributed by atoms with E-state index in [1.165, 1.54) is 0 Å². The topological polar surface area (TPSA) is 129 Å². The Morgan fingerprint density at radius 3 is 2.64 bits per heavy atom. The first-order valence-corrected chi connectivity index (χ1v) is 11.2. The molecule has 5 rings (SSSR count). The SMILES string of the molecule is Cc1noc(C)c1-c1cc(C(N)=O)c2[nH]c3c(c2c1)CCC(C(=O)N1CCC(C#N)CC1)=C3. The lowest BCUT2D eigenvalue weighted by Crippen LogP contribution is -2.39. The highest BCUT2D eigenvalue weighted by atomic mass is 16.5. The fourth-order valence-electron chi connectivity index (χ4n) is 5.09. The maximum Gasteiger partial charge on any atom is 0.250 e. The van der Waals surface area contributed by atoms with Crippen LogP contribution in [0.5, 0.6) is 0 Å². The number of benzene rings is 1. The standard InChI is InChI=1S/C25H25N5O3/c1-13-22(14(2)33-29-13)17-9-19-18-4-3-16(25(32)30-7-5-15(12-26)6-8-30)11-21(18)28-23(19)20(10-17)24(27)31/h9-11,15,28H,3-8H2,1-2H3,(H2,27,31). The molecule has 168 valence electrons. The molecule has 8 nitrogen and oxygen atoms in total. The Kier molecular flexibility index (Phi) is 5.05. The summed E-state index contributed by atoms with van der Waals surface area (Å²) in [6, 6.07) is 6.11. The molecule has 1 aliphatic heterocycles. The molecule has 0 unspecified atom stereocenters. The summed E-state index contributed by atoms with van der Waals surface area (Å²) in [6.07, 6.45) is 4.65. The Bertz CT molecular complexity index is 1340. The predicted molar refractivity (Wildman–Crippen MR) is 123 cm³/mol. The van der Waals surface area contributed by atoms with Gasteiger partial charge in [0.1, 0.15) is 5.76 Å². The van der Waals surface area contributed by atoms with Crippen LogP contribution in [0.15, 0.2) is 22.2 Å². The van der Waals surface area contributed by atoms with Crippen molar-refractivity contribution < 1.29 is 14.1 Å². The van der Waals surface area contributed by atoms with Crippen LogP contribution in [0, 0.1) is 31.1 Å². The van der Waals surface area contributed by atoms with Gasteiger partial charge in [0.05, 0.1) is 22.8 Å². The van der Waals surface area contributed by atoms with Gasteiger partial charge in [-0.15, -0.1) is 0 Å². The summed E-state index contributed by atoms with van der Waals surface area (Å²) in [6.45, 7) is 4.93. The van der Waals surface area contributed by atoms with E-state index in [0.29, 0.717) is 42.8 Å². The number of carbonyl (C=O) groups excluding carboxylic acids is 2. The zero-order valence-electron chi connectivity index (χ0n) is 18.7. The molecule has 3 heterocycles. The summed E-state index contributed by atoms with van der Waals surface area (Å²) in [7, 11) is 0. The fourth-order valence-corrected chi connectivity index (χ4v) is 5.09. The van der Waals surface area contributed by atoms with Gasteiger partial charge in [0.2, 0.25) is 5.91 Å². The van der Waals surface area contributed by atoms with Crippen LogP contribution in [0.25, 0.3) is 28.1 Å². The van der Waals surface area contributed by atoms with Gasteiger partial charge in [-0.25, -0.2) is 0 Å². The van der Waals surface area contributed by atoms with Crippen molar-refractivity contribution >= 4 is 28.8 Å². The molecule has 1 aliphatic carbocycles. The van der Waals surface area contributed by atoms with E-state index in [4.69, 9.17) is 15.5 Å². The lowest BCUT2D eigenvalue weighted by atomic mass is 9.91. The van der Waals surface area contributed by atoms with Crippen molar-refractivity contribution in [1.82, 2.24) is 15.0 Å². The average molecular weight is 444 g/mol. The van der Waals surface area contributed by atoms with E-state index in [1.807, 2.05) is 30.9 Å². The van der Waals surface area contributed by atoms with E-state index in [1.54, 1.807) is 6.07 Å². The molecule has 2 amide bonds. The van der Waals surface area contributed by atoms with E-state index >= 15 is 0 Å². The van der Waals surface area contributed by atoms with E-state index in [-0.39, 0.29) is 11.8 Å². The third-order valence-corrected chi connectivity index (χ3v) is 6.84.